The lowest BCUT2D eigenvalue weighted by atomic mass is 10.1. The smallest absolute Gasteiger partial charge is 0.171 e. The van der Waals surface area contributed by atoms with Crippen molar-refractivity contribution in [2.75, 3.05) is 44.9 Å². The first kappa shape index (κ1) is 26.4. The fourth-order valence-electron chi connectivity index (χ4n) is 2.89. The lowest BCUT2D eigenvalue weighted by Gasteiger charge is -2.31. The fourth-order valence-corrected chi connectivity index (χ4v) is 3.62. The molecule has 2 fully saturated rings. The van der Waals surface area contributed by atoms with Crippen molar-refractivity contribution in [3.05, 3.63) is 34.7 Å². The van der Waals surface area contributed by atoms with Crippen LogP contribution in [0.15, 0.2) is 29.2 Å². The minimum Gasteiger partial charge on any atom is -0.400 e. The zero-order chi connectivity index (χ0) is 22.4. The number of nitriles is 1. The molecule has 1 aromatic rings. The number of aliphatic hydroxyl groups excluding tert-OH is 3. The van der Waals surface area contributed by atoms with Gasteiger partial charge in [0.05, 0.1) is 32.0 Å². The van der Waals surface area contributed by atoms with Gasteiger partial charge in [-0.25, -0.2) is 0 Å². The molecule has 2 saturated heterocycles. The SMILES string of the molecule is CC.CO.N#C/C(=C\c1ccc(N2CCOCC2)cc1)SNC1CC(O)COC1O. The summed E-state index contributed by atoms with van der Waals surface area (Å²) in [5.74, 6) is 0. The molecule has 3 atom stereocenters. The highest BCUT2D eigenvalue weighted by Crippen LogP contribution is 2.22. The van der Waals surface area contributed by atoms with Crippen molar-refractivity contribution >= 4 is 23.7 Å². The highest BCUT2D eigenvalue weighted by molar-refractivity contribution is 8.01. The molecule has 4 N–H and O–H groups in total. The number of allylic oxidation sites excluding steroid dienone is 1. The van der Waals surface area contributed by atoms with Crippen LogP contribution < -0.4 is 9.62 Å². The minimum atomic E-state index is -0.987. The number of nitrogens with one attached hydrogen (secondary N) is 1. The first-order valence-electron chi connectivity index (χ1n) is 10.0. The second-order valence-electron chi connectivity index (χ2n) is 6.25. The van der Waals surface area contributed by atoms with Gasteiger partial charge in [-0.3, -0.25) is 4.72 Å². The number of rotatable bonds is 5. The third-order valence-corrected chi connectivity index (χ3v) is 5.18. The number of anilines is 1. The third-order valence-electron chi connectivity index (χ3n) is 4.33. The van der Waals surface area contributed by atoms with Crippen LogP contribution in [0.3, 0.4) is 0 Å². The Labute approximate surface area is 183 Å². The predicted molar refractivity (Wildman–Crippen MR) is 120 cm³/mol. The van der Waals surface area contributed by atoms with Crippen LogP contribution in [0.25, 0.3) is 6.08 Å². The Morgan fingerprint density at radius 2 is 1.83 bits per heavy atom. The molecule has 1 aromatic carbocycles. The predicted octanol–water partition coefficient (Wildman–Crippen LogP) is 1.73. The number of hydrogen-bond acceptors (Lipinski definition) is 9. The quantitative estimate of drug-likeness (QED) is 0.402. The van der Waals surface area contributed by atoms with Gasteiger partial charge >= 0.3 is 0 Å². The molecule has 2 aliphatic rings. The summed E-state index contributed by atoms with van der Waals surface area (Å²) in [4.78, 5) is 2.74. The van der Waals surface area contributed by atoms with E-state index in [1.165, 1.54) is 0 Å². The zero-order valence-electron chi connectivity index (χ0n) is 17.8. The summed E-state index contributed by atoms with van der Waals surface area (Å²) >= 11 is 1.13. The van der Waals surface area contributed by atoms with E-state index in [1.54, 1.807) is 6.08 Å². The summed E-state index contributed by atoms with van der Waals surface area (Å²) in [6, 6.07) is 9.75. The van der Waals surface area contributed by atoms with Gasteiger partial charge in [0.15, 0.2) is 6.29 Å². The largest absolute Gasteiger partial charge is 0.400 e. The Bertz CT molecular complexity index is 660. The molecule has 2 aliphatic heterocycles. The van der Waals surface area contributed by atoms with Gasteiger partial charge in [0.2, 0.25) is 0 Å². The number of morpholine rings is 1. The summed E-state index contributed by atoms with van der Waals surface area (Å²) < 4.78 is 13.4. The van der Waals surface area contributed by atoms with Crippen LogP contribution in [-0.4, -0.2) is 73.8 Å². The average molecular weight is 440 g/mol. The average Bonchev–Trinajstić information content (AvgIpc) is 2.82. The maximum Gasteiger partial charge on any atom is 0.171 e. The zero-order valence-corrected chi connectivity index (χ0v) is 18.6. The van der Waals surface area contributed by atoms with E-state index in [2.05, 4.69) is 15.7 Å². The molecule has 9 heteroatoms. The third kappa shape index (κ3) is 8.62. The van der Waals surface area contributed by atoms with Crippen molar-refractivity contribution in [1.29, 1.82) is 5.26 Å². The monoisotopic (exact) mass is 439 g/mol. The minimum absolute atomic E-state index is 0.125. The number of benzene rings is 1. The Balaban J connectivity index is 0.00000106. The molecular formula is C21H33N3O5S. The van der Waals surface area contributed by atoms with Gasteiger partial charge in [-0.15, -0.1) is 0 Å². The number of nitrogens with zero attached hydrogens (tertiary/aromatic N) is 2. The maximum atomic E-state index is 9.79. The maximum absolute atomic E-state index is 9.79. The van der Waals surface area contributed by atoms with Crippen LogP contribution in [0.1, 0.15) is 25.8 Å². The molecule has 168 valence electrons. The molecule has 0 bridgehead atoms. The van der Waals surface area contributed by atoms with Crippen LogP contribution in [0.4, 0.5) is 5.69 Å². The van der Waals surface area contributed by atoms with E-state index in [0.29, 0.717) is 11.3 Å². The van der Waals surface area contributed by atoms with Crippen molar-refractivity contribution in [1.82, 2.24) is 4.72 Å². The normalized spacial score (nSPS) is 24.0. The molecule has 0 aliphatic carbocycles. The van der Waals surface area contributed by atoms with Crippen LogP contribution in [0, 0.1) is 11.3 Å². The summed E-state index contributed by atoms with van der Waals surface area (Å²) in [6.45, 7) is 7.38. The summed E-state index contributed by atoms with van der Waals surface area (Å²) in [5.41, 5.74) is 2.07. The first-order chi connectivity index (χ1) is 14.7. The van der Waals surface area contributed by atoms with Gasteiger partial charge in [-0.2, -0.15) is 5.26 Å². The molecule has 30 heavy (non-hydrogen) atoms. The molecule has 3 rings (SSSR count). The number of hydrogen-bond donors (Lipinski definition) is 4. The van der Waals surface area contributed by atoms with Crippen LogP contribution in [-0.2, 0) is 9.47 Å². The van der Waals surface area contributed by atoms with Gasteiger partial charge in [-0.1, -0.05) is 26.0 Å². The molecule has 3 unspecified atom stereocenters. The summed E-state index contributed by atoms with van der Waals surface area (Å²) in [5, 5.41) is 35.8. The van der Waals surface area contributed by atoms with E-state index in [4.69, 9.17) is 14.6 Å². The highest BCUT2D eigenvalue weighted by atomic mass is 32.2. The molecule has 0 saturated carbocycles. The van der Waals surface area contributed by atoms with Crippen LogP contribution in [0.5, 0.6) is 0 Å². The topological polar surface area (TPSA) is 118 Å². The van der Waals surface area contributed by atoms with E-state index in [-0.39, 0.29) is 6.61 Å². The molecule has 2 heterocycles. The molecule has 0 radical (unpaired) electrons. The van der Waals surface area contributed by atoms with E-state index in [9.17, 15) is 15.5 Å². The van der Waals surface area contributed by atoms with Gasteiger partial charge < -0.3 is 29.7 Å². The molecule has 0 spiro atoms. The summed E-state index contributed by atoms with van der Waals surface area (Å²) in [6.07, 6.45) is 0.561. The van der Waals surface area contributed by atoms with E-state index in [0.717, 1.165) is 56.6 Å². The molecular weight excluding hydrogens is 406 g/mol. The van der Waals surface area contributed by atoms with E-state index < -0.39 is 18.4 Å². The van der Waals surface area contributed by atoms with E-state index >= 15 is 0 Å². The molecule has 0 amide bonds. The van der Waals surface area contributed by atoms with Crippen molar-refractivity contribution in [3.63, 3.8) is 0 Å². The van der Waals surface area contributed by atoms with Gasteiger partial charge in [0.25, 0.3) is 0 Å². The lowest BCUT2D eigenvalue weighted by molar-refractivity contribution is -0.168. The van der Waals surface area contributed by atoms with Crippen LogP contribution in [0.2, 0.25) is 0 Å². The molecule has 8 nitrogen and oxygen atoms in total. The number of ether oxygens (including phenoxy) is 2. The van der Waals surface area contributed by atoms with Crippen molar-refractivity contribution in [2.45, 2.75) is 38.7 Å². The number of aliphatic hydroxyl groups is 3. The second kappa shape index (κ2) is 15.2. The Morgan fingerprint density at radius 3 is 2.43 bits per heavy atom. The Morgan fingerprint density at radius 1 is 1.20 bits per heavy atom. The standard InChI is InChI=1S/C18H23N3O4S.C2H6.CH4O/c19-11-16(26-20-17-10-15(22)12-25-18(17)23)9-13-1-3-14(4-2-13)21-5-7-24-8-6-21;2*1-2/h1-4,9,15,17-18,20,22-23H,5-8,10,12H2;1-2H3;2H,1H3/b16-9+;;. The first-order valence-corrected chi connectivity index (χ1v) is 10.9. The van der Waals surface area contributed by atoms with Gasteiger partial charge in [0, 0.05) is 25.9 Å². The van der Waals surface area contributed by atoms with Crippen LogP contribution >= 0.6 is 11.9 Å². The van der Waals surface area contributed by atoms with Crippen molar-refractivity contribution < 1.29 is 24.8 Å². The fraction of sp³-hybridized carbons (Fsp3) is 0.571. The lowest BCUT2D eigenvalue weighted by Crippen LogP contribution is -2.46. The van der Waals surface area contributed by atoms with Crippen molar-refractivity contribution in [2.24, 2.45) is 0 Å². The molecule has 0 aromatic heterocycles. The Kier molecular flexibility index (Phi) is 13.4. The summed E-state index contributed by atoms with van der Waals surface area (Å²) in [7, 11) is 1.00. The van der Waals surface area contributed by atoms with Gasteiger partial charge in [-0.05, 0) is 42.1 Å². The van der Waals surface area contributed by atoms with Crippen molar-refractivity contribution in [3.8, 4) is 6.07 Å². The highest BCUT2D eigenvalue weighted by Gasteiger charge is 2.29. The van der Waals surface area contributed by atoms with E-state index in [1.807, 2.05) is 38.1 Å². The van der Waals surface area contributed by atoms with Gasteiger partial charge in [0.1, 0.15) is 11.0 Å². The Hall–Kier alpha value is -1.64. The second-order valence-corrected chi connectivity index (χ2v) is 7.13.